The average Bonchev–Trinajstić information content (AvgIpc) is 3.36. The quantitative estimate of drug-likeness (QED) is 0.212. The van der Waals surface area contributed by atoms with Crippen LogP contribution in [0.1, 0.15) is 36.8 Å². The molecular weight excluding hydrogens is 464 g/mol. The van der Waals surface area contributed by atoms with Gasteiger partial charge in [-0.3, -0.25) is 0 Å². The summed E-state index contributed by atoms with van der Waals surface area (Å²) in [6, 6.07) is 31.7. The van der Waals surface area contributed by atoms with Crippen LogP contribution < -0.4 is 10.4 Å². The van der Waals surface area contributed by atoms with Gasteiger partial charge in [-0.05, 0) is 92.1 Å². The standard InChI is InChI=1S/C36H26S/c1-2-13-29-27(11-1)28-12-3-4-14-30(28)34-22-24(19-20-31(29)34)23-9-7-10-25(21-23)26-16-8-17-33-32-15-5-6-18-35(32)37-36(26)33/h1-2,5-6,8,10-22H,3-4,7,9H2. The molecule has 2 aliphatic rings. The lowest BCUT2D eigenvalue weighted by molar-refractivity contribution is 1.06. The van der Waals surface area contributed by atoms with E-state index in [1.165, 1.54) is 74.4 Å². The molecule has 6 aromatic rings. The number of hydrogen-bond donors (Lipinski definition) is 0. The molecule has 0 saturated heterocycles. The molecule has 0 N–H and O–H groups in total. The second kappa shape index (κ2) is 8.30. The predicted octanol–water partition coefficient (Wildman–Crippen LogP) is 8.98. The van der Waals surface area contributed by atoms with Gasteiger partial charge in [0.05, 0.1) is 0 Å². The van der Waals surface area contributed by atoms with Gasteiger partial charge < -0.3 is 0 Å². The maximum Gasteiger partial charge on any atom is 0.0433 e. The zero-order valence-electron chi connectivity index (χ0n) is 20.6. The Hall–Kier alpha value is -3.94. The summed E-state index contributed by atoms with van der Waals surface area (Å²) in [6.45, 7) is 0. The van der Waals surface area contributed by atoms with Crippen LogP contribution in [0.2, 0.25) is 0 Å². The fraction of sp³-hybridized carbons (Fsp3) is 0.111. The van der Waals surface area contributed by atoms with Gasteiger partial charge in [0.2, 0.25) is 0 Å². The molecule has 0 nitrogen and oxygen atoms in total. The van der Waals surface area contributed by atoms with Gasteiger partial charge in [0.1, 0.15) is 0 Å². The van der Waals surface area contributed by atoms with E-state index in [0.717, 1.165) is 25.7 Å². The smallest absolute Gasteiger partial charge is 0.0433 e. The fourth-order valence-electron chi connectivity index (χ4n) is 6.43. The summed E-state index contributed by atoms with van der Waals surface area (Å²) < 4.78 is 2.77. The van der Waals surface area contributed by atoms with Crippen molar-refractivity contribution in [1.82, 2.24) is 0 Å². The maximum atomic E-state index is 2.46. The SMILES string of the molecule is C1=C(c2ccc3c(c2)c2c(c4ccccc43)=CCCC=2)CCC=C1c1cccc2c1sc1ccccc12. The predicted molar refractivity (Wildman–Crippen MR) is 163 cm³/mol. The number of hydrogen-bond acceptors (Lipinski definition) is 1. The molecule has 0 unspecified atom stereocenters. The van der Waals surface area contributed by atoms with E-state index in [1.807, 2.05) is 11.3 Å². The molecule has 1 heterocycles. The van der Waals surface area contributed by atoms with Crippen LogP contribution in [0.5, 0.6) is 0 Å². The molecule has 37 heavy (non-hydrogen) atoms. The minimum absolute atomic E-state index is 1.08. The summed E-state index contributed by atoms with van der Waals surface area (Å²) in [4.78, 5) is 0. The maximum absolute atomic E-state index is 2.46. The highest BCUT2D eigenvalue weighted by Crippen LogP contribution is 2.41. The molecular formula is C36H26S. The zero-order chi connectivity index (χ0) is 24.3. The van der Waals surface area contributed by atoms with E-state index in [1.54, 1.807) is 0 Å². The molecule has 2 aliphatic carbocycles. The molecule has 0 radical (unpaired) electrons. The Morgan fingerprint density at radius 1 is 0.541 bits per heavy atom. The van der Waals surface area contributed by atoms with E-state index in [-0.39, 0.29) is 0 Å². The van der Waals surface area contributed by atoms with E-state index in [9.17, 15) is 0 Å². The number of thiophene rings is 1. The molecule has 1 aromatic heterocycles. The lowest BCUT2D eigenvalue weighted by atomic mass is 9.88. The van der Waals surface area contributed by atoms with E-state index < -0.39 is 0 Å². The highest BCUT2D eigenvalue weighted by Gasteiger charge is 2.15. The average molecular weight is 491 g/mol. The van der Waals surface area contributed by atoms with Crippen molar-refractivity contribution in [2.45, 2.75) is 25.7 Å². The van der Waals surface area contributed by atoms with Crippen molar-refractivity contribution in [3.05, 3.63) is 119 Å². The van der Waals surface area contributed by atoms with Crippen molar-refractivity contribution in [2.75, 3.05) is 0 Å². The normalized spacial score (nSPS) is 15.4. The minimum atomic E-state index is 1.08. The molecule has 1 heteroatoms. The first-order chi connectivity index (χ1) is 18.3. The van der Waals surface area contributed by atoms with Crippen LogP contribution in [0.4, 0.5) is 0 Å². The molecule has 0 bridgehead atoms. The Morgan fingerprint density at radius 2 is 1.27 bits per heavy atom. The number of rotatable bonds is 2. The zero-order valence-corrected chi connectivity index (χ0v) is 21.4. The first-order valence-electron chi connectivity index (χ1n) is 13.3. The van der Waals surface area contributed by atoms with E-state index in [4.69, 9.17) is 0 Å². The Labute approximate surface area is 220 Å². The first kappa shape index (κ1) is 21.2. The summed E-state index contributed by atoms with van der Waals surface area (Å²) in [7, 11) is 0. The summed E-state index contributed by atoms with van der Waals surface area (Å²) in [5, 5.41) is 11.1. The van der Waals surface area contributed by atoms with Gasteiger partial charge in [0.15, 0.2) is 0 Å². The second-order valence-corrected chi connectivity index (χ2v) is 11.3. The Balaban J connectivity index is 1.31. The molecule has 0 amide bonds. The van der Waals surface area contributed by atoms with Crippen LogP contribution in [0, 0.1) is 0 Å². The lowest BCUT2D eigenvalue weighted by Crippen LogP contribution is -2.28. The third-order valence-corrected chi connectivity index (χ3v) is 9.38. The van der Waals surface area contributed by atoms with E-state index in [2.05, 4.69) is 109 Å². The van der Waals surface area contributed by atoms with Gasteiger partial charge in [-0.1, -0.05) is 97.1 Å². The summed E-state index contributed by atoms with van der Waals surface area (Å²) >= 11 is 1.92. The molecule has 0 atom stereocenters. The van der Waals surface area contributed by atoms with Crippen LogP contribution in [0.15, 0.2) is 97.1 Å². The Bertz CT molecular complexity index is 2080. The monoisotopic (exact) mass is 490 g/mol. The van der Waals surface area contributed by atoms with Crippen LogP contribution in [0.3, 0.4) is 0 Å². The van der Waals surface area contributed by atoms with E-state index >= 15 is 0 Å². The minimum Gasteiger partial charge on any atom is -0.135 e. The van der Waals surface area contributed by atoms with Gasteiger partial charge in [0.25, 0.3) is 0 Å². The van der Waals surface area contributed by atoms with E-state index in [0.29, 0.717) is 0 Å². The third-order valence-electron chi connectivity index (χ3n) is 8.16. The fourth-order valence-corrected chi connectivity index (χ4v) is 7.67. The summed E-state index contributed by atoms with van der Waals surface area (Å²) in [5.74, 6) is 0. The number of allylic oxidation sites excluding steroid dienone is 4. The van der Waals surface area contributed by atoms with Gasteiger partial charge in [0, 0.05) is 20.2 Å². The highest BCUT2D eigenvalue weighted by molar-refractivity contribution is 7.26. The first-order valence-corrected chi connectivity index (χ1v) is 14.1. The Kier molecular flexibility index (Phi) is 4.75. The molecule has 5 aromatic carbocycles. The van der Waals surface area contributed by atoms with Gasteiger partial charge >= 0.3 is 0 Å². The van der Waals surface area contributed by atoms with Crippen molar-refractivity contribution in [3.63, 3.8) is 0 Å². The van der Waals surface area contributed by atoms with Crippen LogP contribution in [0.25, 0.3) is 65.0 Å². The molecule has 0 fully saturated rings. The van der Waals surface area contributed by atoms with Crippen molar-refractivity contribution in [3.8, 4) is 0 Å². The van der Waals surface area contributed by atoms with Gasteiger partial charge in [-0.2, -0.15) is 0 Å². The summed E-state index contributed by atoms with van der Waals surface area (Å²) in [5.41, 5.74) is 5.53. The van der Waals surface area contributed by atoms with Gasteiger partial charge in [-0.15, -0.1) is 11.3 Å². The van der Waals surface area contributed by atoms with Crippen LogP contribution in [-0.2, 0) is 0 Å². The largest absolute Gasteiger partial charge is 0.135 e. The molecule has 0 saturated carbocycles. The van der Waals surface area contributed by atoms with Crippen LogP contribution in [-0.4, -0.2) is 0 Å². The van der Waals surface area contributed by atoms with Crippen molar-refractivity contribution in [1.29, 1.82) is 0 Å². The topological polar surface area (TPSA) is 0 Å². The highest BCUT2D eigenvalue weighted by atomic mass is 32.1. The lowest BCUT2D eigenvalue weighted by Gasteiger charge is -2.17. The van der Waals surface area contributed by atoms with Crippen LogP contribution >= 0.6 is 11.3 Å². The Morgan fingerprint density at radius 3 is 2.16 bits per heavy atom. The van der Waals surface area contributed by atoms with Crippen molar-refractivity contribution in [2.24, 2.45) is 0 Å². The molecule has 8 rings (SSSR count). The molecule has 176 valence electrons. The van der Waals surface area contributed by atoms with Crippen molar-refractivity contribution >= 4 is 76.4 Å². The van der Waals surface area contributed by atoms with Gasteiger partial charge in [-0.25, -0.2) is 0 Å². The summed E-state index contributed by atoms with van der Waals surface area (Å²) in [6.07, 6.45) is 14.2. The second-order valence-electron chi connectivity index (χ2n) is 10.3. The molecule has 0 aliphatic heterocycles. The van der Waals surface area contributed by atoms with Crippen molar-refractivity contribution < 1.29 is 0 Å². The molecule has 0 spiro atoms. The third kappa shape index (κ3) is 3.27. The number of benzene rings is 5. The number of fused-ring (bicyclic) bond motifs is 9.